The molecule has 0 saturated carbocycles. The zero-order valence-corrected chi connectivity index (χ0v) is 10.4. The van der Waals surface area contributed by atoms with Crippen LogP contribution in [0.4, 0.5) is 0 Å². The Hall–Kier alpha value is -2.55. The third-order valence-corrected chi connectivity index (χ3v) is 2.99. The summed E-state index contributed by atoms with van der Waals surface area (Å²) in [5.41, 5.74) is 1.36. The van der Waals surface area contributed by atoms with Gasteiger partial charge in [-0.1, -0.05) is 30.3 Å². The number of methoxy groups -OCH3 is 1. The number of hydrogen-bond donors (Lipinski definition) is 0. The van der Waals surface area contributed by atoms with Crippen LogP contribution in [0.5, 0.6) is 5.75 Å². The van der Waals surface area contributed by atoms with Gasteiger partial charge in [0.1, 0.15) is 17.1 Å². The fourth-order valence-corrected chi connectivity index (χ4v) is 2.01. The van der Waals surface area contributed by atoms with Crippen LogP contribution in [0.2, 0.25) is 0 Å². The van der Waals surface area contributed by atoms with E-state index in [4.69, 9.17) is 9.15 Å². The highest BCUT2D eigenvalue weighted by Crippen LogP contribution is 2.24. The maximum absolute atomic E-state index is 12.1. The first kappa shape index (κ1) is 11.5. The van der Waals surface area contributed by atoms with Gasteiger partial charge < -0.3 is 9.15 Å². The molecule has 0 aliphatic carbocycles. The molecule has 0 amide bonds. The summed E-state index contributed by atoms with van der Waals surface area (Å²) in [6.45, 7) is 0. The van der Waals surface area contributed by atoms with Crippen LogP contribution in [0.1, 0.15) is 0 Å². The largest absolute Gasteiger partial charge is 0.497 e. The molecule has 0 aliphatic heterocycles. The van der Waals surface area contributed by atoms with E-state index in [-0.39, 0.29) is 5.43 Å². The lowest BCUT2D eigenvalue weighted by atomic mass is 10.1. The first-order valence-electron chi connectivity index (χ1n) is 5.95. The second-order valence-corrected chi connectivity index (χ2v) is 4.20. The van der Waals surface area contributed by atoms with Crippen LogP contribution in [0.25, 0.3) is 22.3 Å². The molecule has 1 heterocycles. The van der Waals surface area contributed by atoms with Crippen molar-refractivity contribution < 1.29 is 9.15 Å². The Labute approximate surface area is 110 Å². The highest BCUT2D eigenvalue weighted by atomic mass is 16.5. The summed E-state index contributed by atoms with van der Waals surface area (Å²) in [5.74, 6) is 1.23. The molecule has 2 aromatic carbocycles. The van der Waals surface area contributed by atoms with Crippen LogP contribution in [0, 0.1) is 0 Å². The Morgan fingerprint density at radius 1 is 1.00 bits per heavy atom. The topological polar surface area (TPSA) is 39.4 Å². The number of rotatable bonds is 2. The van der Waals surface area contributed by atoms with Crippen LogP contribution >= 0.6 is 0 Å². The molecule has 0 bridgehead atoms. The lowest BCUT2D eigenvalue weighted by Gasteiger charge is -2.04. The first-order valence-corrected chi connectivity index (χ1v) is 5.95. The molecule has 3 rings (SSSR count). The molecule has 3 aromatic rings. The zero-order valence-electron chi connectivity index (χ0n) is 10.4. The minimum atomic E-state index is -0.0530. The summed E-state index contributed by atoms with van der Waals surface area (Å²) >= 11 is 0. The maximum Gasteiger partial charge on any atom is 0.193 e. The summed E-state index contributed by atoms with van der Waals surface area (Å²) in [5, 5.41) is 0.556. The van der Waals surface area contributed by atoms with Gasteiger partial charge in [0.2, 0.25) is 0 Å². The average molecular weight is 252 g/mol. The van der Waals surface area contributed by atoms with Crippen molar-refractivity contribution in [2.24, 2.45) is 0 Å². The Kier molecular flexibility index (Phi) is 2.80. The fraction of sp³-hybridized carbons (Fsp3) is 0.0625. The minimum absolute atomic E-state index is 0.0530. The Bertz CT molecular complexity index is 773. The maximum atomic E-state index is 12.1. The van der Waals surface area contributed by atoms with Crippen molar-refractivity contribution >= 4 is 11.0 Å². The molecule has 3 heteroatoms. The average Bonchev–Trinajstić information content (AvgIpc) is 2.47. The number of hydrogen-bond acceptors (Lipinski definition) is 3. The summed E-state index contributed by atoms with van der Waals surface area (Å²) in [4.78, 5) is 12.1. The van der Waals surface area contributed by atoms with Crippen LogP contribution in [0.15, 0.2) is 63.8 Å². The van der Waals surface area contributed by atoms with E-state index < -0.39 is 0 Å². The fourth-order valence-electron chi connectivity index (χ4n) is 2.01. The minimum Gasteiger partial charge on any atom is -0.497 e. The van der Waals surface area contributed by atoms with Crippen LogP contribution in [0.3, 0.4) is 0 Å². The predicted molar refractivity (Wildman–Crippen MR) is 74.5 cm³/mol. The van der Waals surface area contributed by atoms with Crippen LogP contribution in [-0.4, -0.2) is 7.11 Å². The van der Waals surface area contributed by atoms with E-state index in [0.29, 0.717) is 22.5 Å². The van der Waals surface area contributed by atoms with Gasteiger partial charge in [0.05, 0.1) is 12.5 Å². The number of benzene rings is 2. The Morgan fingerprint density at radius 3 is 2.53 bits per heavy atom. The van der Waals surface area contributed by atoms with Gasteiger partial charge in [-0.15, -0.1) is 0 Å². The van der Waals surface area contributed by atoms with Gasteiger partial charge in [0, 0.05) is 17.7 Å². The van der Waals surface area contributed by atoms with E-state index in [1.807, 2.05) is 30.3 Å². The summed E-state index contributed by atoms with van der Waals surface area (Å²) < 4.78 is 10.9. The highest BCUT2D eigenvalue weighted by Gasteiger charge is 2.07. The molecule has 0 N–H and O–H groups in total. The third-order valence-electron chi connectivity index (χ3n) is 2.99. The van der Waals surface area contributed by atoms with Gasteiger partial charge in [-0.05, 0) is 12.1 Å². The van der Waals surface area contributed by atoms with Crippen molar-refractivity contribution in [1.82, 2.24) is 0 Å². The van der Waals surface area contributed by atoms with Crippen LogP contribution in [-0.2, 0) is 0 Å². The van der Waals surface area contributed by atoms with Crippen molar-refractivity contribution in [2.75, 3.05) is 7.11 Å². The van der Waals surface area contributed by atoms with E-state index >= 15 is 0 Å². The molecule has 0 fully saturated rings. The molecular weight excluding hydrogens is 240 g/mol. The molecule has 0 saturated heterocycles. The molecule has 0 spiro atoms. The van der Waals surface area contributed by atoms with Crippen molar-refractivity contribution in [1.29, 1.82) is 0 Å². The SMILES string of the molecule is COc1ccc2c(=O)cc(-c3ccccc3)oc2c1. The smallest absolute Gasteiger partial charge is 0.193 e. The Morgan fingerprint density at radius 2 is 1.79 bits per heavy atom. The highest BCUT2D eigenvalue weighted by molar-refractivity contribution is 5.80. The van der Waals surface area contributed by atoms with Crippen molar-refractivity contribution in [3.05, 3.63) is 64.8 Å². The van der Waals surface area contributed by atoms with E-state index in [0.717, 1.165) is 5.56 Å². The van der Waals surface area contributed by atoms with E-state index in [1.165, 1.54) is 6.07 Å². The van der Waals surface area contributed by atoms with Crippen molar-refractivity contribution in [3.8, 4) is 17.1 Å². The molecule has 3 nitrogen and oxygen atoms in total. The normalized spacial score (nSPS) is 10.6. The number of fused-ring (bicyclic) bond motifs is 1. The lowest BCUT2D eigenvalue weighted by molar-refractivity contribution is 0.414. The van der Waals surface area contributed by atoms with Gasteiger partial charge in [0.25, 0.3) is 0 Å². The molecule has 0 aliphatic rings. The van der Waals surface area contributed by atoms with E-state index in [9.17, 15) is 4.79 Å². The third kappa shape index (κ3) is 2.10. The summed E-state index contributed by atoms with van der Waals surface area (Å²) in [6, 6.07) is 16.3. The zero-order chi connectivity index (χ0) is 13.2. The standard InChI is InChI=1S/C16H12O3/c1-18-12-7-8-13-14(17)10-15(19-16(13)9-12)11-5-3-2-4-6-11/h2-10H,1H3. The molecule has 0 radical (unpaired) electrons. The second-order valence-electron chi connectivity index (χ2n) is 4.20. The summed E-state index contributed by atoms with van der Waals surface area (Å²) in [6.07, 6.45) is 0. The van der Waals surface area contributed by atoms with Gasteiger partial charge in [-0.3, -0.25) is 4.79 Å². The van der Waals surface area contributed by atoms with Crippen LogP contribution < -0.4 is 10.2 Å². The van der Waals surface area contributed by atoms with Gasteiger partial charge >= 0.3 is 0 Å². The predicted octanol–water partition coefficient (Wildman–Crippen LogP) is 3.47. The second kappa shape index (κ2) is 4.61. The first-order chi connectivity index (χ1) is 9.28. The Balaban J connectivity index is 2.26. The molecular formula is C16H12O3. The molecule has 0 atom stereocenters. The molecule has 0 unspecified atom stereocenters. The van der Waals surface area contributed by atoms with Gasteiger partial charge in [-0.2, -0.15) is 0 Å². The monoisotopic (exact) mass is 252 g/mol. The lowest BCUT2D eigenvalue weighted by Crippen LogP contribution is -2.00. The number of ether oxygens (including phenoxy) is 1. The van der Waals surface area contributed by atoms with Gasteiger partial charge in [0.15, 0.2) is 5.43 Å². The molecule has 1 aromatic heterocycles. The quantitative estimate of drug-likeness (QED) is 0.701. The molecule has 19 heavy (non-hydrogen) atoms. The van der Waals surface area contributed by atoms with Crippen molar-refractivity contribution in [2.45, 2.75) is 0 Å². The summed E-state index contributed by atoms with van der Waals surface area (Å²) in [7, 11) is 1.58. The van der Waals surface area contributed by atoms with E-state index in [2.05, 4.69) is 0 Å². The van der Waals surface area contributed by atoms with Crippen molar-refractivity contribution in [3.63, 3.8) is 0 Å². The molecule has 94 valence electrons. The van der Waals surface area contributed by atoms with E-state index in [1.54, 1.807) is 25.3 Å². The van der Waals surface area contributed by atoms with Gasteiger partial charge in [-0.25, -0.2) is 0 Å².